The van der Waals surface area contributed by atoms with Gasteiger partial charge in [-0.1, -0.05) is 30.3 Å². The molecule has 6 nitrogen and oxygen atoms in total. The van der Waals surface area contributed by atoms with Gasteiger partial charge in [-0.2, -0.15) is 0 Å². The van der Waals surface area contributed by atoms with Gasteiger partial charge in [-0.05, 0) is 73.7 Å². The smallest absolute Gasteiger partial charge is 0.251 e. The summed E-state index contributed by atoms with van der Waals surface area (Å²) in [6, 6.07) is 18.6. The first kappa shape index (κ1) is 21.8. The SMILES string of the molecule is COc1ccc(C(=O)NC2Cc3c(ccc4ccccc34)N(CCCN(C)C)C2=O)cc1. The van der Waals surface area contributed by atoms with Gasteiger partial charge in [0.2, 0.25) is 5.91 Å². The molecular weight excluding hydrogens is 402 g/mol. The number of nitrogens with one attached hydrogen (secondary N) is 1. The average Bonchev–Trinajstić information content (AvgIpc) is 2.81. The molecular formula is C26H29N3O3. The van der Waals surface area contributed by atoms with E-state index in [1.54, 1.807) is 31.4 Å². The number of methoxy groups -OCH3 is 1. The number of hydrogen-bond donors (Lipinski definition) is 1. The zero-order chi connectivity index (χ0) is 22.7. The second kappa shape index (κ2) is 9.40. The standard InChI is InChI=1S/C26H29N3O3/c1-28(2)15-6-16-29-24-14-11-18-7-4-5-8-21(18)22(24)17-23(26(29)31)27-25(30)19-9-12-20(32-3)13-10-19/h4-5,7-14,23H,6,15-17H2,1-3H3,(H,27,30). The Bertz CT molecular complexity index is 1120. The molecule has 1 heterocycles. The van der Waals surface area contributed by atoms with Crippen LogP contribution in [0.2, 0.25) is 0 Å². The van der Waals surface area contributed by atoms with Gasteiger partial charge < -0.3 is 19.9 Å². The maximum atomic E-state index is 13.4. The summed E-state index contributed by atoms with van der Waals surface area (Å²) in [6.07, 6.45) is 1.33. The first-order valence-corrected chi connectivity index (χ1v) is 10.9. The molecule has 32 heavy (non-hydrogen) atoms. The number of fused-ring (bicyclic) bond motifs is 3. The molecule has 0 aromatic heterocycles. The number of rotatable bonds is 7. The number of ether oxygens (including phenoxy) is 1. The summed E-state index contributed by atoms with van der Waals surface area (Å²) in [6.45, 7) is 1.49. The largest absolute Gasteiger partial charge is 0.497 e. The van der Waals surface area contributed by atoms with Crippen LogP contribution < -0.4 is 15.0 Å². The van der Waals surface area contributed by atoms with Gasteiger partial charge in [0.1, 0.15) is 11.8 Å². The van der Waals surface area contributed by atoms with Crippen molar-refractivity contribution in [2.45, 2.75) is 18.9 Å². The fourth-order valence-electron chi connectivity index (χ4n) is 4.26. The summed E-state index contributed by atoms with van der Waals surface area (Å²) in [5.74, 6) is 0.360. The molecule has 4 rings (SSSR count). The maximum Gasteiger partial charge on any atom is 0.251 e. The number of carbonyl (C=O) groups is 2. The lowest BCUT2D eigenvalue weighted by Gasteiger charge is -2.35. The molecule has 6 heteroatoms. The first-order valence-electron chi connectivity index (χ1n) is 10.9. The average molecular weight is 432 g/mol. The van der Waals surface area contributed by atoms with Gasteiger partial charge in [0.05, 0.1) is 7.11 Å². The predicted octanol–water partition coefficient (Wildman–Crippen LogP) is 3.49. The third-order valence-corrected chi connectivity index (χ3v) is 5.92. The monoisotopic (exact) mass is 431 g/mol. The van der Waals surface area contributed by atoms with E-state index in [0.717, 1.165) is 35.0 Å². The molecule has 3 aromatic rings. The fourth-order valence-corrected chi connectivity index (χ4v) is 4.26. The minimum absolute atomic E-state index is 0.0617. The van der Waals surface area contributed by atoms with E-state index in [2.05, 4.69) is 28.4 Å². The van der Waals surface area contributed by atoms with Crippen LogP contribution in [0.25, 0.3) is 10.8 Å². The van der Waals surface area contributed by atoms with Crippen molar-refractivity contribution in [2.24, 2.45) is 0 Å². The lowest BCUT2D eigenvalue weighted by Crippen LogP contribution is -2.53. The molecule has 0 radical (unpaired) electrons. The minimum atomic E-state index is -0.609. The van der Waals surface area contributed by atoms with Gasteiger partial charge in [0.25, 0.3) is 5.91 Å². The van der Waals surface area contributed by atoms with Gasteiger partial charge in [0, 0.05) is 24.2 Å². The molecule has 0 saturated carbocycles. The van der Waals surface area contributed by atoms with Crippen LogP contribution in [0.3, 0.4) is 0 Å². The second-order valence-corrected chi connectivity index (χ2v) is 8.39. The van der Waals surface area contributed by atoms with Gasteiger partial charge >= 0.3 is 0 Å². The van der Waals surface area contributed by atoms with Gasteiger partial charge in [-0.25, -0.2) is 0 Å². The predicted molar refractivity (Wildman–Crippen MR) is 127 cm³/mol. The summed E-state index contributed by atoms with van der Waals surface area (Å²) < 4.78 is 5.17. The van der Waals surface area contributed by atoms with E-state index < -0.39 is 6.04 Å². The Hall–Kier alpha value is -3.38. The highest BCUT2D eigenvalue weighted by molar-refractivity contribution is 6.07. The molecule has 0 bridgehead atoms. The molecule has 1 unspecified atom stereocenters. The van der Waals surface area contributed by atoms with E-state index in [4.69, 9.17) is 4.74 Å². The highest BCUT2D eigenvalue weighted by Gasteiger charge is 2.34. The van der Waals surface area contributed by atoms with Gasteiger partial charge in [-0.3, -0.25) is 9.59 Å². The number of benzene rings is 3. The Morgan fingerprint density at radius 2 is 1.84 bits per heavy atom. The highest BCUT2D eigenvalue weighted by atomic mass is 16.5. The number of hydrogen-bond acceptors (Lipinski definition) is 4. The Balaban J connectivity index is 1.64. The van der Waals surface area contributed by atoms with E-state index in [-0.39, 0.29) is 11.8 Å². The third-order valence-electron chi connectivity index (χ3n) is 5.92. The van der Waals surface area contributed by atoms with Crippen LogP contribution in [-0.2, 0) is 11.2 Å². The van der Waals surface area contributed by atoms with Crippen LogP contribution in [0.1, 0.15) is 22.3 Å². The van der Waals surface area contributed by atoms with Gasteiger partial charge in [-0.15, -0.1) is 0 Å². The summed E-state index contributed by atoms with van der Waals surface area (Å²) in [5.41, 5.74) is 2.55. The molecule has 0 saturated heterocycles. The van der Waals surface area contributed by atoms with E-state index in [1.165, 1.54) is 0 Å². The molecule has 0 aliphatic carbocycles. The van der Waals surface area contributed by atoms with Crippen molar-refractivity contribution in [3.8, 4) is 5.75 Å². The number of nitrogens with zero attached hydrogens (tertiary/aromatic N) is 2. The second-order valence-electron chi connectivity index (χ2n) is 8.39. The lowest BCUT2D eigenvalue weighted by molar-refractivity contribution is -0.120. The molecule has 1 atom stereocenters. The van der Waals surface area contributed by atoms with E-state index >= 15 is 0 Å². The number of amides is 2. The van der Waals surface area contributed by atoms with Crippen LogP contribution in [0, 0.1) is 0 Å². The van der Waals surface area contributed by atoms with Crippen molar-refractivity contribution < 1.29 is 14.3 Å². The van der Waals surface area contributed by atoms with Crippen LogP contribution in [0.4, 0.5) is 5.69 Å². The molecule has 1 aliphatic heterocycles. The zero-order valence-corrected chi connectivity index (χ0v) is 18.8. The Labute approximate surface area is 188 Å². The van der Waals surface area contributed by atoms with Crippen molar-refractivity contribution >= 4 is 28.3 Å². The first-order chi connectivity index (χ1) is 15.5. The molecule has 0 fully saturated rings. The fraction of sp³-hybridized carbons (Fsp3) is 0.308. The molecule has 0 spiro atoms. The summed E-state index contributed by atoms with van der Waals surface area (Å²) >= 11 is 0. The number of carbonyl (C=O) groups excluding carboxylic acids is 2. The number of anilines is 1. The molecule has 3 aromatic carbocycles. The molecule has 1 N–H and O–H groups in total. The quantitative estimate of drug-likeness (QED) is 0.622. The van der Waals surface area contributed by atoms with Crippen LogP contribution >= 0.6 is 0 Å². The normalized spacial score (nSPS) is 15.7. The Morgan fingerprint density at radius 1 is 1.09 bits per heavy atom. The van der Waals surface area contributed by atoms with Crippen LogP contribution in [0.15, 0.2) is 60.7 Å². The van der Waals surface area contributed by atoms with E-state index in [1.807, 2.05) is 37.2 Å². The van der Waals surface area contributed by atoms with Crippen LogP contribution in [0.5, 0.6) is 5.75 Å². The van der Waals surface area contributed by atoms with E-state index in [0.29, 0.717) is 24.3 Å². The minimum Gasteiger partial charge on any atom is -0.497 e. The summed E-state index contributed by atoms with van der Waals surface area (Å²) in [5, 5.41) is 5.23. The van der Waals surface area contributed by atoms with Crippen molar-refractivity contribution in [3.05, 3.63) is 71.8 Å². The zero-order valence-electron chi connectivity index (χ0n) is 18.8. The van der Waals surface area contributed by atoms with E-state index in [9.17, 15) is 9.59 Å². The molecule has 2 amide bonds. The molecule has 166 valence electrons. The van der Waals surface area contributed by atoms with Crippen molar-refractivity contribution in [1.29, 1.82) is 0 Å². The summed E-state index contributed by atoms with van der Waals surface area (Å²) in [4.78, 5) is 30.3. The van der Waals surface area contributed by atoms with Crippen molar-refractivity contribution in [1.82, 2.24) is 10.2 Å². The molecule has 1 aliphatic rings. The van der Waals surface area contributed by atoms with Crippen molar-refractivity contribution in [2.75, 3.05) is 39.2 Å². The Kier molecular flexibility index (Phi) is 6.42. The lowest BCUT2D eigenvalue weighted by atomic mass is 9.91. The summed E-state index contributed by atoms with van der Waals surface area (Å²) in [7, 11) is 5.64. The highest BCUT2D eigenvalue weighted by Crippen LogP contribution is 2.34. The van der Waals surface area contributed by atoms with Gasteiger partial charge in [0.15, 0.2) is 0 Å². The topological polar surface area (TPSA) is 61.9 Å². The maximum absolute atomic E-state index is 13.4. The van der Waals surface area contributed by atoms with Crippen molar-refractivity contribution in [3.63, 3.8) is 0 Å². The Morgan fingerprint density at radius 3 is 2.56 bits per heavy atom. The van der Waals surface area contributed by atoms with Crippen LogP contribution in [-0.4, -0.2) is 57.1 Å². The third kappa shape index (κ3) is 4.46.